The van der Waals surface area contributed by atoms with Gasteiger partial charge in [0.15, 0.2) is 0 Å². The highest BCUT2D eigenvalue weighted by Crippen LogP contribution is 2.21. The summed E-state index contributed by atoms with van der Waals surface area (Å²) in [7, 11) is 0. The van der Waals surface area contributed by atoms with E-state index >= 15 is 0 Å². The summed E-state index contributed by atoms with van der Waals surface area (Å²) >= 11 is 0. The molecule has 0 aliphatic carbocycles. The quantitative estimate of drug-likeness (QED) is 0.618. The Morgan fingerprint density at radius 2 is 1.96 bits per heavy atom. The van der Waals surface area contributed by atoms with Crippen molar-refractivity contribution >= 4 is 16.9 Å². The summed E-state index contributed by atoms with van der Waals surface area (Å²) in [5.74, 6) is 1.98. The summed E-state index contributed by atoms with van der Waals surface area (Å²) in [6.07, 6.45) is 1.68. The maximum Gasteiger partial charge on any atom is 0.216 e. The Labute approximate surface area is 160 Å². The van der Waals surface area contributed by atoms with E-state index in [0.717, 1.165) is 42.0 Å². The fourth-order valence-corrected chi connectivity index (χ4v) is 3.20. The number of imidazole rings is 1. The zero-order valence-electron chi connectivity index (χ0n) is 16.3. The van der Waals surface area contributed by atoms with E-state index < -0.39 is 0 Å². The Kier molecular flexibility index (Phi) is 6.12. The second kappa shape index (κ2) is 8.71. The predicted molar refractivity (Wildman–Crippen MR) is 108 cm³/mol. The molecule has 0 spiro atoms. The zero-order valence-corrected chi connectivity index (χ0v) is 16.3. The Bertz CT molecular complexity index is 930. The first kappa shape index (κ1) is 19.0. The number of hydrogen-bond donors (Lipinski definition) is 1. The number of carbonyl (C=O) groups excluding carboxylic acids is 1. The lowest BCUT2D eigenvalue weighted by Gasteiger charge is -2.13. The highest BCUT2D eigenvalue weighted by molar-refractivity contribution is 5.76. The molecule has 3 rings (SSSR count). The lowest BCUT2D eigenvalue weighted by molar-refractivity contribution is -0.118. The van der Waals surface area contributed by atoms with Crippen LogP contribution in [0, 0.1) is 13.8 Å². The number of benzene rings is 2. The van der Waals surface area contributed by atoms with Crippen LogP contribution in [0.25, 0.3) is 11.0 Å². The third kappa shape index (κ3) is 4.67. The summed E-state index contributed by atoms with van der Waals surface area (Å²) in [5.41, 5.74) is 4.54. The van der Waals surface area contributed by atoms with Gasteiger partial charge in [0.1, 0.15) is 18.2 Å². The molecule has 0 saturated heterocycles. The van der Waals surface area contributed by atoms with Gasteiger partial charge in [-0.25, -0.2) is 4.98 Å². The molecule has 5 heteroatoms. The summed E-state index contributed by atoms with van der Waals surface area (Å²) in [6, 6.07) is 14.3. The molecule has 1 amide bonds. The standard InChI is InChI=1S/C22H27N3O2/c1-16-8-6-11-21(17(16)2)27-15-14-25-20-10-5-4-9-19(20)24-22(25)12-7-13-23-18(3)26/h4-6,8-11H,7,12-15H2,1-3H3,(H,23,26). The minimum absolute atomic E-state index is 0.00503. The molecule has 0 fully saturated rings. The third-order valence-electron chi connectivity index (χ3n) is 4.81. The number of fused-ring (bicyclic) bond motifs is 1. The maximum atomic E-state index is 11.0. The molecule has 0 aliphatic rings. The second-order valence-corrected chi connectivity index (χ2v) is 6.80. The molecule has 1 N–H and O–H groups in total. The van der Waals surface area contributed by atoms with Crippen molar-refractivity contribution in [2.24, 2.45) is 0 Å². The third-order valence-corrected chi connectivity index (χ3v) is 4.81. The largest absolute Gasteiger partial charge is 0.491 e. The lowest BCUT2D eigenvalue weighted by Crippen LogP contribution is -2.21. The van der Waals surface area contributed by atoms with E-state index in [2.05, 4.69) is 35.9 Å². The van der Waals surface area contributed by atoms with Crippen LogP contribution in [-0.2, 0) is 17.8 Å². The number of nitrogens with zero attached hydrogens (tertiary/aromatic N) is 2. The first-order valence-corrected chi connectivity index (χ1v) is 9.44. The summed E-state index contributed by atoms with van der Waals surface area (Å²) in [5, 5.41) is 2.84. The van der Waals surface area contributed by atoms with Gasteiger partial charge in [-0.3, -0.25) is 4.79 Å². The van der Waals surface area contributed by atoms with Gasteiger partial charge in [-0.1, -0.05) is 24.3 Å². The predicted octanol–water partition coefficient (Wildman–Crippen LogP) is 3.80. The van der Waals surface area contributed by atoms with Crippen molar-refractivity contribution < 1.29 is 9.53 Å². The molecule has 27 heavy (non-hydrogen) atoms. The first-order chi connectivity index (χ1) is 13.1. The molecule has 0 bridgehead atoms. The first-order valence-electron chi connectivity index (χ1n) is 9.44. The van der Waals surface area contributed by atoms with E-state index in [0.29, 0.717) is 13.2 Å². The van der Waals surface area contributed by atoms with E-state index in [9.17, 15) is 4.79 Å². The average Bonchev–Trinajstić information content (AvgIpc) is 3.00. The number of hydrogen-bond acceptors (Lipinski definition) is 3. The van der Waals surface area contributed by atoms with Gasteiger partial charge in [0.25, 0.3) is 0 Å². The van der Waals surface area contributed by atoms with Gasteiger partial charge < -0.3 is 14.6 Å². The molecular formula is C22H27N3O2. The van der Waals surface area contributed by atoms with Crippen LogP contribution < -0.4 is 10.1 Å². The van der Waals surface area contributed by atoms with Crippen LogP contribution in [0.1, 0.15) is 30.3 Å². The Balaban J connectivity index is 1.70. The van der Waals surface area contributed by atoms with E-state index in [1.54, 1.807) is 6.92 Å². The molecule has 142 valence electrons. The minimum atomic E-state index is 0.00503. The molecule has 0 saturated carbocycles. The summed E-state index contributed by atoms with van der Waals surface area (Å²) in [4.78, 5) is 15.8. The smallest absolute Gasteiger partial charge is 0.216 e. The van der Waals surface area contributed by atoms with Gasteiger partial charge in [0, 0.05) is 19.9 Å². The van der Waals surface area contributed by atoms with Gasteiger partial charge in [-0.15, -0.1) is 0 Å². The van der Waals surface area contributed by atoms with Crippen LogP contribution in [0.2, 0.25) is 0 Å². The fourth-order valence-electron chi connectivity index (χ4n) is 3.20. The van der Waals surface area contributed by atoms with Crippen LogP contribution in [-0.4, -0.2) is 28.6 Å². The Hall–Kier alpha value is -2.82. The van der Waals surface area contributed by atoms with Crippen molar-refractivity contribution in [2.75, 3.05) is 13.2 Å². The van der Waals surface area contributed by atoms with Crippen molar-refractivity contribution in [1.29, 1.82) is 0 Å². The van der Waals surface area contributed by atoms with Crippen molar-refractivity contribution in [3.63, 3.8) is 0 Å². The van der Waals surface area contributed by atoms with Gasteiger partial charge in [-0.2, -0.15) is 0 Å². The molecule has 5 nitrogen and oxygen atoms in total. The van der Waals surface area contributed by atoms with Crippen molar-refractivity contribution in [2.45, 2.75) is 40.2 Å². The Morgan fingerprint density at radius 3 is 2.78 bits per heavy atom. The molecule has 3 aromatic rings. The van der Waals surface area contributed by atoms with Crippen LogP contribution in [0.4, 0.5) is 0 Å². The van der Waals surface area contributed by atoms with E-state index in [4.69, 9.17) is 9.72 Å². The number of aromatic nitrogens is 2. The highest BCUT2D eigenvalue weighted by Gasteiger charge is 2.11. The van der Waals surface area contributed by atoms with Gasteiger partial charge in [0.2, 0.25) is 5.91 Å². The van der Waals surface area contributed by atoms with E-state index in [-0.39, 0.29) is 5.91 Å². The maximum absolute atomic E-state index is 11.0. The molecule has 0 radical (unpaired) electrons. The summed E-state index contributed by atoms with van der Waals surface area (Å²) < 4.78 is 8.28. The number of nitrogens with one attached hydrogen (secondary N) is 1. The number of para-hydroxylation sites is 2. The normalized spacial score (nSPS) is 10.9. The molecule has 1 aromatic heterocycles. The van der Waals surface area contributed by atoms with Crippen molar-refractivity contribution in [1.82, 2.24) is 14.9 Å². The Morgan fingerprint density at radius 1 is 1.15 bits per heavy atom. The second-order valence-electron chi connectivity index (χ2n) is 6.80. The highest BCUT2D eigenvalue weighted by atomic mass is 16.5. The van der Waals surface area contributed by atoms with Crippen molar-refractivity contribution in [3.05, 3.63) is 59.4 Å². The molecule has 0 atom stereocenters. The number of amides is 1. The summed E-state index contributed by atoms with van der Waals surface area (Å²) in [6.45, 7) is 7.72. The van der Waals surface area contributed by atoms with E-state index in [1.165, 1.54) is 11.1 Å². The monoisotopic (exact) mass is 365 g/mol. The SMILES string of the molecule is CC(=O)NCCCc1nc2ccccc2n1CCOc1cccc(C)c1C. The van der Waals surface area contributed by atoms with Crippen LogP contribution >= 0.6 is 0 Å². The lowest BCUT2D eigenvalue weighted by atomic mass is 10.1. The zero-order chi connectivity index (χ0) is 19.2. The van der Waals surface area contributed by atoms with Crippen LogP contribution in [0.5, 0.6) is 5.75 Å². The number of ether oxygens (including phenoxy) is 1. The number of carbonyl (C=O) groups is 1. The molecular weight excluding hydrogens is 338 g/mol. The molecule has 0 unspecified atom stereocenters. The molecule has 2 aromatic carbocycles. The number of rotatable bonds is 8. The van der Waals surface area contributed by atoms with E-state index in [1.807, 2.05) is 30.3 Å². The fraction of sp³-hybridized carbons (Fsp3) is 0.364. The minimum Gasteiger partial charge on any atom is -0.491 e. The number of aryl methyl sites for hydroxylation is 2. The van der Waals surface area contributed by atoms with Gasteiger partial charge >= 0.3 is 0 Å². The van der Waals surface area contributed by atoms with Crippen LogP contribution in [0.15, 0.2) is 42.5 Å². The molecule has 0 aliphatic heterocycles. The topological polar surface area (TPSA) is 56.2 Å². The van der Waals surface area contributed by atoms with Crippen molar-refractivity contribution in [3.8, 4) is 5.75 Å². The van der Waals surface area contributed by atoms with Gasteiger partial charge in [-0.05, 0) is 49.6 Å². The average molecular weight is 365 g/mol. The van der Waals surface area contributed by atoms with Gasteiger partial charge in [0.05, 0.1) is 17.6 Å². The van der Waals surface area contributed by atoms with Crippen LogP contribution in [0.3, 0.4) is 0 Å². The molecule has 1 heterocycles.